The number of nitrogens with one attached hydrogen (secondary N) is 2. The van der Waals surface area contributed by atoms with E-state index >= 15 is 0 Å². The topological polar surface area (TPSA) is 84.7 Å². The van der Waals surface area contributed by atoms with Crippen molar-refractivity contribution < 1.29 is 4.79 Å². The summed E-state index contributed by atoms with van der Waals surface area (Å²) >= 11 is 1.58. The van der Waals surface area contributed by atoms with E-state index in [9.17, 15) is 4.79 Å². The van der Waals surface area contributed by atoms with E-state index in [1.54, 1.807) is 11.3 Å². The summed E-state index contributed by atoms with van der Waals surface area (Å²) < 4.78 is 1.89. The molecule has 0 bridgehead atoms. The van der Waals surface area contributed by atoms with Crippen molar-refractivity contribution in [3.05, 3.63) is 52.8 Å². The second-order valence-electron chi connectivity index (χ2n) is 6.64. The molecule has 27 heavy (non-hydrogen) atoms. The first-order valence-corrected chi connectivity index (χ1v) is 10.0. The van der Waals surface area contributed by atoms with Crippen LogP contribution in [0.15, 0.2) is 35.7 Å². The van der Waals surface area contributed by atoms with Crippen molar-refractivity contribution in [2.24, 2.45) is 0 Å². The van der Waals surface area contributed by atoms with Crippen molar-refractivity contribution >= 4 is 17.2 Å². The van der Waals surface area contributed by atoms with Gasteiger partial charge in [-0.25, -0.2) is 9.67 Å². The zero-order valence-corrected chi connectivity index (χ0v) is 16.0. The van der Waals surface area contributed by atoms with E-state index in [2.05, 4.69) is 25.9 Å². The normalized spacial score (nSPS) is 15.0. The van der Waals surface area contributed by atoms with Crippen molar-refractivity contribution in [1.29, 1.82) is 0 Å². The Morgan fingerprint density at radius 2 is 2.07 bits per heavy atom. The maximum absolute atomic E-state index is 12.5. The van der Waals surface area contributed by atoms with Crippen LogP contribution in [0.4, 0.5) is 0 Å². The lowest BCUT2D eigenvalue weighted by Crippen LogP contribution is -2.30. The van der Waals surface area contributed by atoms with Crippen LogP contribution < -0.4 is 10.6 Å². The van der Waals surface area contributed by atoms with Gasteiger partial charge in [0.25, 0.3) is 5.91 Å². The van der Waals surface area contributed by atoms with Crippen LogP contribution in [-0.4, -0.2) is 39.0 Å². The minimum Gasteiger partial charge on any atom is -0.345 e. The molecular formula is C19H22N6OS. The summed E-state index contributed by atoms with van der Waals surface area (Å²) in [7, 11) is 0. The Bertz CT molecular complexity index is 913. The number of carbonyl (C=O) groups is 1. The van der Waals surface area contributed by atoms with Gasteiger partial charge in [-0.15, -0.1) is 16.4 Å². The fourth-order valence-electron chi connectivity index (χ4n) is 3.30. The van der Waals surface area contributed by atoms with Gasteiger partial charge in [0, 0.05) is 10.9 Å². The molecule has 0 saturated carbocycles. The van der Waals surface area contributed by atoms with Gasteiger partial charge in [0.15, 0.2) is 5.69 Å². The summed E-state index contributed by atoms with van der Waals surface area (Å²) in [6.07, 6.45) is 2.01. The zero-order chi connectivity index (χ0) is 18.6. The van der Waals surface area contributed by atoms with Crippen LogP contribution in [-0.2, 0) is 6.54 Å². The zero-order valence-electron chi connectivity index (χ0n) is 15.2. The van der Waals surface area contributed by atoms with E-state index in [4.69, 9.17) is 0 Å². The molecule has 2 N–H and O–H groups in total. The number of rotatable bonds is 5. The molecule has 8 heteroatoms. The molecule has 1 aliphatic rings. The van der Waals surface area contributed by atoms with E-state index in [1.165, 1.54) is 0 Å². The van der Waals surface area contributed by atoms with Crippen LogP contribution in [0.1, 0.15) is 40.8 Å². The molecule has 0 unspecified atom stereocenters. The van der Waals surface area contributed by atoms with Gasteiger partial charge in [-0.3, -0.25) is 4.79 Å². The average molecular weight is 382 g/mol. The van der Waals surface area contributed by atoms with Gasteiger partial charge in [-0.2, -0.15) is 0 Å². The second-order valence-corrected chi connectivity index (χ2v) is 7.50. The third kappa shape index (κ3) is 3.91. The van der Waals surface area contributed by atoms with Gasteiger partial charge in [-0.1, -0.05) is 35.5 Å². The molecule has 1 amide bonds. The third-order valence-electron chi connectivity index (χ3n) is 4.80. The lowest BCUT2D eigenvalue weighted by atomic mass is 10.1. The highest BCUT2D eigenvalue weighted by molar-refractivity contribution is 7.13. The Hall–Kier alpha value is -2.58. The van der Waals surface area contributed by atoms with Crippen molar-refractivity contribution in [1.82, 2.24) is 30.6 Å². The van der Waals surface area contributed by atoms with Crippen molar-refractivity contribution in [2.45, 2.75) is 32.4 Å². The van der Waals surface area contributed by atoms with Crippen molar-refractivity contribution in [3.8, 4) is 10.6 Å². The monoisotopic (exact) mass is 382 g/mol. The molecule has 1 fully saturated rings. The Morgan fingerprint density at radius 3 is 2.85 bits per heavy atom. The molecule has 0 atom stereocenters. The number of benzene rings is 1. The first-order valence-electron chi connectivity index (χ1n) is 9.13. The Morgan fingerprint density at radius 1 is 1.30 bits per heavy atom. The fourth-order valence-corrected chi connectivity index (χ4v) is 4.13. The lowest BCUT2D eigenvalue weighted by Gasteiger charge is -2.23. The second kappa shape index (κ2) is 7.98. The first kappa shape index (κ1) is 17.8. The summed E-state index contributed by atoms with van der Waals surface area (Å²) in [5.41, 5.74) is 3.14. The first-order chi connectivity index (χ1) is 13.2. The molecule has 140 valence electrons. The smallest absolute Gasteiger partial charge is 0.274 e. The summed E-state index contributed by atoms with van der Waals surface area (Å²) in [6.45, 7) is 4.23. The molecule has 2 aromatic heterocycles. The number of hydrogen-bond donors (Lipinski definition) is 2. The molecule has 3 aromatic rings. The highest BCUT2D eigenvalue weighted by atomic mass is 32.1. The largest absolute Gasteiger partial charge is 0.345 e. The van der Waals surface area contributed by atoms with Gasteiger partial charge in [0.05, 0.1) is 24.0 Å². The molecule has 7 nitrogen and oxygen atoms in total. The molecule has 0 radical (unpaired) electrons. The molecule has 1 aromatic carbocycles. The summed E-state index contributed by atoms with van der Waals surface area (Å²) in [4.78, 5) is 17.2. The van der Waals surface area contributed by atoms with Crippen LogP contribution in [0.5, 0.6) is 0 Å². The molecule has 0 aliphatic carbocycles. The van der Waals surface area contributed by atoms with Crippen molar-refractivity contribution in [2.75, 3.05) is 13.1 Å². The minimum absolute atomic E-state index is 0.207. The van der Waals surface area contributed by atoms with E-state index in [-0.39, 0.29) is 5.91 Å². The summed E-state index contributed by atoms with van der Waals surface area (Å²) in [5.74, 6) is -0.207. The minimum atomic E-state index is -0.207. The van der Waals surface area contributed by atoms with Crippen LogP contribution in [0.25, 0.3) is 10.6 Å². The standard InChI is InChI=1S/C19H22N6OS/c1-13-17(23-24-25(13)16-7-9-20-10-8-16)18(26)21-11-15-12-27-19(22-15)14-5-3-2-4-6-14/h2-6,12,16,20H,7-11H2,1H3,(H,21,26). The van der Waals surface area contributed by atoms with E-state index in [0.717, 1.165) is 47.9 Å². The number of carbonyl (C=O) groups excluding carboxylic acids is 1. The lowest BCUT2D eigenvalue weighted by molar-refractivity contribution is 0.0944. The maximum Gasteiger partial charge on any atom is 0.274 e. The van der Waals surface area contributed by atoms with Gasteiger partial charge < -0.3 is 10.6 Å². The van der Waals surface area contributed by atoms with Gasteiger partial charge in [-0.05, 0) is 32.9 Å². The quantitative estimate of drug-likeness (QED) is 0.708. The Balaban J connectivity index is 1.40. The number of amides is 1. The summed E-state index contributed by atoms with van der Waals surface area (Å²) in [5, 5.41) is 17.5. The SMILES string of the molecule is Cc1c(C(=O)NCc2csc(-c3ccccc3)n2)nnn1C1CCNCC1. The number of nitrogens with zero attached hydrogens (tertiary/aromatic N) is 4. The molecule has 1 saturated heterocycles. The van der Waals surface area contributed by atoms with E-state index < -0.39 is 0 Å². The predicted octanol–water partition coefficient (Wildman–Crippen LogP) is 2.56. The molecule has 3 heterocycles. The van der Waals surface area contributed by atoms with Crippen molar-refractivity contribution in [3.63, 3.8) is 0 Å². The molecule has 0 spiro atoms. The molecule has 4 rings (SSSR count). The molecular weight excluding hydrogens is 360 g/mol. The Kier molecular flexibility index (Phi) is 5.26. The van der Waals surface area contributed by atoms with E-state index in [0.29, 0.717) is 18.3 Å². The van der Waals surface area contributed by atoms with Gasteiger partial charge in [0.1, 0.15) is 5.01 Å². The highest BCUT2D eigenvalue weighted by Crippen LogP contribution is 2.23. The molecule has 1 aliphatic heterocycles. The maximum atomic E-state index is 12.5. The van der Waals surface area contributed by atoms with Gasteiger partial charge >= 0.3 is 0 Å². The van der Waals surface area contributed by atoms with Gasteiger partial charge in [0.2, 0.25) is 0 Å². The van der Waals surface area contributed by atoms with Crippen LogP contribution in [0.2, 0.25) is 0 Å². The third-order valence-corrected chi connectivity index (χ3v) is 5.74. The predicted molar refractivity (Wildman–Crippen MR) is 105 cm³/mol. The fraction of sp³-hybridized carbons (Fsp3) is 0.368. The number of hydrogen-bond acceptors (Lipinski definition) is 6. The van der Waals surface area contributed by atoms with Crippen LogP contribution in [0.3, 0.4) is 0 Å². The number of aromatic nitrogens is 4. The van der Waals surface area contributed by atoms with E-state index in [1.807, 2.05) is 47.3 Å². The average Bonchev–Trinajstić information content (AvgIpc) is 3.34. The van der Waals surface area contributed by atoms with Crippen LogP contribution >= 0.6 is 11.3 Å². The number of thiazole rings is 1. The highest BCUT2D eigenvalue weighted by Gasteiger charge is 2.22. The summed E-state index contributed by atoms with van der Waals surface area (Å²) in [6, 6.07) is 10.3. The number of piperidine rings is 1. The van der Waals surface area contributed by atoms with Crippen LogP contribution in [0, 0.1) is 6.92 Å². The Labute approximate surface area is 161 Å².